The maximum Gasteiger partial charge on any atom is 0.191 e. The Labute approximate surface area is 215 Å². The lowest BCUT2D eigenvalue weighted by Crippen LogP contribution is -2.24. The summed E-state index contributed by atoms with van der Waals surface area (Å²) in [6.07, 6.45) is 35.0. The van der Waals surface area contributed by atoms with Crippen molar-refractivity contribution >= 4 is 17.7 Å². The predicted molar refractivity (Wildman–Crippen MR) is 153 cm³/mol. The standard InChI is InChI=1S/C31H62OS/c1-4-6-8-10-12-14-16-18-20-22-24-26-28-31(3,30(32)33)29-27-25-23-21-19-17-15-13-11-9-7-5-2/h4-29H2,1-3H3,(H,32,33). The van der Waals surface area contributed by atoms with Crippen LogP contribution in [0.1, 0.15) is 188 Å². The molecule has 0 unspecified atom stereocenters. The Morgan fingerprint density at radius 3 is 0.879 bits per heavy atom. The Balaban J connectivity index is 3.59. The molecule has 0 aliphatic rings. The maximum atomic E-state index is 12.2. The molecule has 0 aromatic heterocycles. The zero-order chi connectivity index (χ0) is 24.5. The van der Waals surface area contributed by atoms with Crippen molar-refractivity contribution in [3.05, 3.63) is 0 Å². The molecule has 0 aromatic rings. The van der Waals surface area contributed by atoms with Gasteiger partial charge >= 0.3 is 0 Å². The van der Waals surface area contributed by atoms with Crippen LogP contribution < -0.4 is 0 Å². The predicted octanol–water partition coefficient (Wildman–Crippen LogP) is 11.6. The van der Waals surface area contributed by atoms with Gasteiger partial charge in [0.2, 0.25) is 0 Å². The van der Waals surface area contributed by atoms with Gasteiger partial charge in [0.15, 0.2) is 5.12 Å². The number of carbonyl (C=O) groups excluding carboxylic acids is 1. The van der Waals surface area contributed by atoms with E-state index in [1.807, 2.05) is 0 Å². The van der Waals surface area contributed by atoms with E-state index in [4.69, 9.17) is 0 Å². The highest BCUT2D eigenvalue weighted by molar-refractivity contribution is 7.96. The fourth-order valence-corrected chi connectivity index (χ4v) is 5.27. The summed E-state index contributed by atoms with van der Waals surface area (Å²) >= 11 is 4.26. The average molecular weight is 483 g/mol. The second kappa shape index (κ2) is 25.1. The molecular weight excluding hydrogens is 420 g/mol. The van der Waals surface area contributed by atoms with Crippen LogP contribution in [-0.2, 0) is 4.79 Å². The number of unbranched alkanes of at least 4 members (excludes halogenated alkanes) is 22. The van der Waals surface area contributed by atoms with E-state index in [1.54, 1.807) is 0 Å². The minimum absolute atomic E-state index is 0.119. The van der Waals surface area contributed by atoms with Gasteiger partial charge in [-0.25, -0.2) is 0 Å². The van der Waals surface area contributed by atoms with Crippen LogP contribution in [0.2, 0.25) is 0 Å². The Morgan fingerprint density at radius 2 is 0.667 bits per heavy atom. The second-order valence-electron chi connectivity index (χ2n) is 11.1. The largest absolute Gasteiger partial charge is 0.287 e. The van der Waals surface area contributed by atoms with E-state index in [0.717, 1.165) is 12.8 Å². The molecule has 0 atom stereocenters. The van der Waals surface area contributed by atoms with Crippen molar-refractivity contribution in [3.63, 3.8) is 0 Å². The van der Waals surface area contributed by atoms with Crippen molar-refractivity contribution in [1.29, 1.82) is 0 Å². The van der Waals surface area contributed by atoms with E-state index in [1.165, 1.54) is 154 Å². The maximum absolute atomic E-state index is 12.2. The first kappa shape index (κ1) is 33.0. The van der Waals surface area contributed by atoms with Crippen LogP contribution in [0.3, 0.4) is 0 Å². The van der Waals surface area contributed by atoms with Gasteiger partial charge in [0, 0.05) is 5.41 Å². The van der Waals surface area contributed by atoms with Gasteiger partial charge in [-0.1, -0.05) is 175 Å². The van der Waals surface area contributed by atoms with E-state index in [-0.39, 0.29) is 10.5 Å². The summed E-state index contributed by atoms with van der Waals surface area (Å²) in [5.74, 6) is 0. The van der Waals surface area contributed by atoms with Gasteiger partial charge in [0.1, 0.15) is 0 Å². The molecule has 0 saturated heterocycles. The molecule has 0 aromatic carbocycles. The summed E-state index contributed by atoms with van der Waals surface area (Å²) in [6, 6.07) is 0. The Bertz CT molecular complexity index is 378. The van der Waals surface area contributed by atoms with Crippen LogP contribution in [0.25, 0.3) is 0 Å². The summed E-state index contributed by atoms with van der Waals surface area (Å²) in [7, 11) is 0. The van der Waals surface area contributed by atoms with Crippen molar-refractivity contribution in [1.82, 2.24) is 0 Å². The van der Waals surface area contributed by atoms with Crippen LogP contribution in [0.15, 0.2) is 0 Å². The van der Waals surface area contributed by atoms with Crippen molar-refractivity contribution in [2.45, 2.75) is 188 Å². The van der Waals surface area contributed by atoms with Gasteiger partial charge in [-0.15, -0.1) is 12.6 Å². The molecule has 33 heavy (non-hydrogen) atoms. The zero-order valence-electron chi connectivity index (χ0n) is 23.2. The molecule has 2 heteroatoms. The van der Waals surface area contributed by atoms with Gasteiger partial charge in [0.05, 0.1) is 0 Å². The van der Waals surface area contributed by atoms with Gasteiger partial charge in [-0.3, -0.25) is 4.79 Å². The van der Waals surface area contributed by atoms with Crippen LogP contribution in [0, 0.1) is 5.41 Å². The lowest BCUT2D eigenvalue weighted by molar-refractivity contribution is -0.119. The minimum atomic E-state index is -0.194. The number of hydrogen-bond donors (Lipinski definition) is 1. The summed E-state index contributed by atoms with van der Waals surface area (Å²) in [5, 5.41) is 0.119. The van der Waals surface area contributed by atoms with Crippen LogP contribution >= 0.6 is 12.6 Å². The van der Waals surface area contributed by atoms with Crippen LogP contribution in [-0.4, -0.2) is 5.12 Å². The summed E-state index contributed by atoms with van der Waals surface area (Å²) in [5.41, 5.74) is -0.194. The van der Waals surface area contributed by atoms with Crippen molar-refractivity contribution < 1.29 is 4.79 Å². The fourth-order valence-electron chi connectivity index (χ4n) is 5.05. The quantitative estimate of drug-likeness (QED) is 0.0909. The van der Waals surface area contributed by atoms with E-state index < -0.39 is 0 Å². The molecule has 0 aliphatic heterocycles. The molecule has 1 nitrogen and oxygen atoms in total. The highest BCUT2D eigenvalue weighted by atomic mass is 32.1. The van der Waals surface area contributed by atoms with Crippen LogP contribution in [0.4, 0.5) is 0 Å². The topological polar surface area (TPSA) is 17.1 Å². The number of rotatable bonds is 27. The van der Waals surface area contributed by atoms with Gasteiger partial charge in [-0.2, -0.15) is 0 Å². The van der Waals surface area contributed by atoms with Gasteiger partial charge in [-0.05, 0) is 12.8 Å². The Morgan fingerprint density at radius 1 is 0.455 bits per heavy atom. The molecule has 198 valence electrons. The third kappa shape index (κ3) is 22.2. The zero-order valence-corrected chi connectivity index (χ0v) is 24.1. The normalized spacial score (nSPS) is 11.9. The Hall–Kier alpha value is 0.0200. The molecule has 0 saturated carbocycles. The van der Waals surface area contributed by atoms with E-state index in [9.17, 15) is 4.79 Å². The van der Waals surface area contributed by atoms with Crippen molar-refractivity contribution in [3.8, 4) is 0 Å². The molecule has 0 heterocycles. The summed E-state index contributed by atoms with van der Waals surface area (Å²) in [6.45, 7) is 6.74. The second-order valence-corrected chi connectivity index (χ2v) is 11.6. The third-order valence-electron chi connectivity index (χ3n) is 7.68. The first-order valence-corrected chi connectivity index (χ1v) is 15.7. The highest BCUT2D eigenvalue weighted by Gasteiger charge is 2.29. The molecule has 0 N–H and O–H groups in total. The number of carbonyl (C=O) groups is 1. The lowest BCUT2D eigenvalue weighted by Gasteiger charge is -2.26. The molecule has 0 rings (SSSR count). The average Bonchev–Trinajstić information content (AvgIpc) is 2.80. The van der Waals surface area contributed by atoms with E-state index in [0.29, 0.717) is 0 Å². The fraction of sp³-hybridized carbons (Fsp3) is 0.968. The van der Waals surface area contributed by atoms with Crippen LogP contribution in [0.5, 0.6) is 0 Å². The molecule has 0 fully saturated rings. The molecule has 0 aliphatic carbocycles. The molecular formula is C31H62OS. The van der Waals surface area contributed by atoms with E-state index >= 15 is 0 Å². The first-order chi connectivity index (χ1) is 16.1. The number of thiol groups is 1. The minimum Gasteiger partial charge on any atom is -0.287 e. The number of hydrogen-bond acceptors (Lipinski definition) is 1. The molecule has 0 bridgehead atoms. The monoisotopic (exact) mass is 482 g/mol. The summed E-state index contributed by atoms with van der Waals surface area (Å²) < 4.78 is 0. The SMILES string of the molecule is CCCCCCCCCCCCCCC(C)(CCCCCCCCCCCCCC)C(=O)S. The lowest BCUT2D eigenvalue weighted by atomic mass is 9.81. The first-order valence-electron chi connectivity index (χ1n) is 15.3. The molecule has 0 spiro atoms. The van der Waals surface area contributed by atoms with E-state index in [2.05, 4.69) is 33.4 Å². The molecule has 0 radical (unpaired) electrons. The highest BCUT2D eigenvalue weighted by Crippen LogP contribution is 2.33. The third-order valence-corrected chi connectivity index (χ3v) is 8.22. The Kier molecular flexibility index (Phi) is 25.1. The molecule has 0 amide bonds. The van der Waals surface area contributed by atoms with Gasteiger partial charge in [0.25, 0.3) is 0 Å². The van der Waals surface area contributed by atoms with Gasteiger partial charge < -0.3 is 0 Å². The summed E-state index contributed by atoms with van der Waals surface area (Å²) in [4.78, 5) is 12.2. The van der Waals surface area contributed by atoms with Crippen molar-refractivity contribution in [2.75, 3.05) is 0 Å². The smallest absolute Gasteiger partial charge is 0.191 e. The van der Waals surface area contributed by atoms with Crippen molar-refractivity contribution in [2.24, 2.45) is 5.41 Å².